The van der Waals surface area contributed by atoms with Gasteiger partial charge in [-0.15, -0.1) is 0 Å². The van der Waals surface area contributed by atoms with E-state index < -0.39 is 0 Å². The van der Waals surface area contributed by atoms with Crippen molar-refractivity contribution in [3.05, 3.63) is 24.2 Å². The summed E-state index contributed by atoms with van der Waals surface area (Å²) >= 11 is 0. The molecule has 3 heteroatoms. The normalized spacial score (nSPS) is 14.5. The molecule has 86 valence electrons. The van der Waals surface area contributed by atoms with Crippen LogP contribution in [0, 0.1) is 5.41 Å². The van der Waals surface area contributed by atoms with Gasteiger partial charge in [-0.1, -0.05) is 20.8 Å². The molecule has 1 aromatic heterocycles. The van der Waals surface area contributed by atoms with Gasteiger partial charge in [0.1, 0.15) is 5.76 Å². The summed E-state index contributed by atoms with van der Waals surface area (Å²) in [5.41, 5.74) is 0.0656. The Hall–Kier alpha value is -0.800. The Morgan fingerprint density at radius 3 is 2.53 bits per heavy atom. The zero-order valence-electron chi connectivity index (χ0n) is 10.0. The van der Waals surface area contributed by atoms with Crippen LogP contribution < -0.4 is 0 Å². The summed E-state index contributed by atoms with van der Waals surface area (Å²) in [7, 11) is 2.01. The van der Waals surface area contributed by atoms with Crippen molar-refractivity contribution >= 4 is 0 Å². The highest BCUT2D eigenvalue weighted by atomic mass is 16.3. The third kappa shape index (κ3) is 3.36. The van der Waals surface area contributed by atoms with Crippen LogP contribution in [0.25, 0.3) is 0 Å². The largest absolute Gasteiger partial charge is 0.468 e. The van der Waals surface area contributed by atoms with Crippen LogP contribution in [-0.2, 0) is 6.54 Å². The maximum absolute atomic E-state index is 9.39. The summed E-state index contributed by atoms with van der Waals surface area (Å²) < 4.78 is 5.29. The quantitative estimate of drug-likeness (QED) is 0.828. The van der Waals surface area contributed by atoms with Crippen LogP contribution >= 0.6 is 0 Å². The molecule has 0 saturated heterocycles. The molecule has 1 heterocycles. The summed E-state index contributed by atoms with van der Waals surface area (Å²) in [5.74, 6) is 0.931. The molecule has 0 aliphatic carbocycles. The zero-order valence-corrected chi connectivity index (χ0v) is 10.0. The topological polar surface area (TPSA) is 36.6 Å². The molecule has 0 aliphatic rings. The Labute approximate surface area is 91.7 Å². The van der Waals surface area contributed by atoms with E-state index in [0.717, 1.165) is 12.3 Å². The van der Waals surface area contributed by atoms with Crippen molar-refractivity contribution in [1.82, 2.24) is 4.90 Å². The lowest BCUT2D eigenvalue weighted by Gasteiger charge is -2.36. The first-order chi connectivity index (χ1) is 6.95. The summed E-state index contributed by atoms with van der Waals surface area (Å²) in [6, 6.07) is 3.98. The third-order valence-corrected chi connectivity index (χ3v) is 2.69. The van der Waals surface area contributed by atoms with Gasteiger partial charge in [-0.25, -0.2) is 0 Å². The van der Waals surface area contributed by atoms with Gasteiger partial charge in [0.15, 0.2) is 0 Å². The maximum Gasteiger partial charge on any atom is 0.117 e. The number of likely N-dealkylation sites (N-methyl/N-ethyl adjacent to an activating group) is 1. The molecule has 0 aromatic carbocycles. The molecule has 0 radical (unpaired) electrons. The maximum atomic E-state index is 9.39. The SMILES string of the molecule is CN(Cc1ccco1)C(CO)C(C)(C)C. The first-order valence-electron chi connectivity index (χ1n) is 5.28. The Morgan fingerprint density at radius 2 is 2.13 bits per heavy atom. The van der Waals surface area contributed by atoms with E-state index in [-0.39, 0.29) is 18.1 Å². The highest BCUT2D eigenvalue weighted by molar-refractivity contribution is 4.98. The van der Waals surface area contributed by atoms with Crippen LogP contribution in [-0.4, -0.2) is 29.7 Å². The van der Waals surface area contributed by atoms with Gasteiger partial charge in [0.2, 0.25) is 0 Å². The zero-order chi connectivity index (χ0) is 11.5. The number of nitrogens with zero attached hydrogens (tertiary/aromatic N) is 1. The Kier molecular flexibility index (Phi) is 3.94. The van der Waals surface area contributed by atoms with E-state index in [1.165, 1.54) is 0 Å². The minimum absolute atomic E-state index is 0.0656. The predicted molar refractivity (Wildman–Crippen MR) is 60.5 cm³/mol. The van der Waals surface area contributed by atoms with Crippen molar-refractivity contribution in [3.63, 3.8) is 0 Å². The first kappa shape index (κ1) is 12.3. The van der Waals surface area contributed by atoms with Crippen LogP contribution in [0.5, 0.6) is 0 Å². The molecule has 15 heavy (non-hydrogen) atoms. The fourth-order valence-electron chi connectivity index (χ4n) is 1.83. The molecule has 1 N–H and O–H groups in total. The lowest BCUT2D eigenvalue weighted by molar-refractivity contribution is 0.0573. The molecule has 0 saturated carbocycles. The van der Waals surface area contributed by atoms with Crippen LogP contribution in [0.3, 0.4) is 0 Å². The van der Waals surface area contributed by atoms with E-state index in [1.54, 1.807) is 6.26 Å². The number of aliphatic hydroxyl groups excluding tert-OH is 1. The Morgan fingerprint density at radius 1 is 1.47 bits per heavy atom. The summed E-state index contributed by atoms with van der Waals surface area (Å²) in [6.07, 6.45) is 1.67. The number of rotatable bonds is 4. The van der Waals surface area contributed by atoms with E-state index in [0.29, 0.717) is 0 Å². The fraction of sp³-hybridized carbons (Fsp3) is 0.667. The van der Waals surface area contributed by atoms with Gasteiger partial charge in [0.05, 0.1) is 19.4 Å². The second-order valence-electron chi connectivity index (χ2n) is 5.06. The van der Waals surface area contributed by atoms with Gasteiger partial charge in [-0.05, 0) is 24.6 Å². The van der Waals surface area contributed by atoms with E-state index in [1.807, 2.05) is 19.2 Å². The summed E-state index contributed by atoms with van der Waals surface area (Å²) in [4.78, 5) is 2.12. The van der Waals surface area contributed by atoms with E-state index >= 15 is 0 Å². The van der Waals surface area contributed by atoms with E-state index in [2.05, 4.69) is 25.7 Å². The number of hydrogen-bond acceptors (Lipinski definition) is 3. The molecule has 0 fully saturated rings. The molecule has 1 atom stereocenters. The summed E-state index contributed by atoms with van der Waals surface area (Å²) in [5, 5.41) is 9.39. The first-order valence-corrected chi connectivity index (χ1v) is 5.28. The van der Waals surface area contributed by atoms with Crippen molar-refractivity contribution in [1.29, 1.82) is 0 Å². The standard InChI is InChI=1S/C12H21NO2/c1-12(2,3)11(9-14)13(4)8-10-6-5-7-15-10/h5-7,11,14H,8-9H2,1-4H3. The minimum atomic E-state index is 0.0656. The molecule has 1 rings (SSSR count). The lowest BCUT2D eigenvalue weighted by atomic mass is 9.86. The van der Waals surface area contributed by atoms with Crippen LogP contribution in [0.15, 0.2) is 22.8 Å². The van der Waals surface area contributed by atoms with Gasteiger partial charge in [0.25, 0.3) is 0 Å². The van der Waals surface area contributed by atoms with Gasteiger partial charge in [0, 0.05) is 6.04 Å². The minimum Gasteiger partial charge on any atom is -0.468 e. The smallest absolute Gasteiger partial charge is 0.117 e. The molecular formula is C12H21NO2. The van der Waals surface area contributed by atoms with Crippen molar-refractivity contribution in [3.8, 4) is 0 Å². The highest BCUT2D eigenvalue weighted by Gasteiger charge is 2.27. The molecule has 0 bridgehead atoms. The molecule has 1 unspecified atom stereocenters. The van der Waals surface area contributed by atoms with Crippen molar-refractivity contribution in [2.24, 2.45) is 5.41 Å². The number of furan rings is 1. The molecule has 3 nitrogen and oxygen atoms in total. The Balaban J connectivity index is 2.62. The average Bonchev–Trinajstić information content (AvgIpc) is 2.54. The monoisotopic (exact) mass is 211 g/mol. The van der Waals surface area contributed by atoms with Crippen molar-refractivity contribution in [2.45, 2.75) is 33.4 Å². The Bertz CT molecular complexity index is 274. The number of aliphatic hydroxyl groups is 1. The van der Waals surface area contributed by atoms with Crippen molar-refractivity contribution < 1.29 is 9.52 Å². The predicted octanol–water partition coefficient (Wildman–Crippen LogP) is 2.12. The van der Waals surface area contributed by atoms with Gasteiger partial charge >= 0.3 is 0 Å². The second-order valence-corrected chi connectivity index (χ2v) is 5.06. The van der Waals surface area contributed by atoms with Gasteiger partial charge in [-0.3, -0.25) is 4.90 Å². The van der Waals surface area contributed by atoms with E-state index in [4.69, 9.17) is 4.42 Å². The molecule has 0 aliphatic heterocycles. The highest BCUT2D eigenvalue weighted by Crippen LogP contribution is 2.24. The number of hydrogen-bond donors (Lipinski definition) is 1. The second kappa shape index (κ2) is 4.81. The average molecular weight is 211 g/mol. The molecule has 0 spiro atoms. The third-order valence-electron chi connectivity index (χ3n) is 2.69. The lowest BCUT2D eigenvalue weighted by Crippen LogP contribution is -2.43. The van der Waals surface area contributed by atoms with Gasteiger partial charge in [-0.2, -0.15) is 0 Å². The molecular weight excluding hydrogens is 190 g/mol. The van der Waals surface area contributed by atoms with Crippen LogP contribution in [0.1, 0.15) is 26.5 Å². The van der Waals surface area contributed by atoms with Gasteiger partial charge < -0.3 is 9.52 Å². The van der Waals surface area contributed by atoms with Crippen LogP contribution in [0.4, 0.5) is 0 Å². The van der Waals surface area contributed by atoms with Crippen LogP contribution in [0.2, 0.25) is 0 Å². The van der Waals surface area contributed by atoms with Crippen molar-refractivity contribution in [2.75, 3.05) is 13.7 Å². The molecule has 1 aromatic rings. The molecule has 0 amide bonds. The van der Waals surface area contributed by atoms with E-state index in [9.17, 15) is 5.11 Å². The fourth-order valence-corrected chi connectivity index (χ4v) is 1.83. The summed E-state index contributed by atoms with van der Waals surface area (Å²) in [6.45, 7) is 7.29.